The number of pyridine rings is 1. The number of H-pyrrole nitrogens is 1. The second-order valence-corrected chi connectivity index (χ2v) is 6.26. The number of hydrogen-bond acceptors (Lipinski definition) is 3. The molecule has 3 rings (SSSR count). The van der Waals surface area contributed by atoms with Gasteiger partial charge in [0.15, 0.2) is 0 Å². The fourth-order valence-corrected chi connectivity index (χ4v) is 2.74. The van der Waals surface area contributed by atoms with Gasteiger partial charge in [-0.05, 0) is 29.8 Å². The van der Waals surface area contributed by atoms with E-state index in [9.17, 15) is 9.00 Å². The van der Waals surface area contributed by atoms with E-state index >= 15 is 0 Å². The van der Waals surface area contributed by atoms with Gasteiger partial charge in [-0.1, -0.05) is 12.1 Å². The van der Waals surface area contributed by atoms with E-state index < -0.39 is 10.8 Å². The molecular weight excluding hydrogens is 298 g/mol. The van der Waals surface area contributed by atoms with Crippen LogP contribution in [0, 0.1) is 0 Å². The Hall–Kier alpha value is -2.47. The van der Waals surface area contributed by atoms with Crippen LogP contribution in [-0.4, -0.2) is 26.3 Å². The maximum Gasteiger partial charge on any atom is 0.253 e. The van der Waals surface area contributed by atoms with Gasteiger partial charge < -0.3 is 10.3 Å². The zero-order chi connectivity index (χ0) is 15.5. The van der Waals surface area contributed by atoms with Gasteiger partial charge in [0.2, 0.25) is 0 Å². The zero-order valence-corrected chi connectivity index (χ0v) is 12.8. The largest absolute Gasteiger partial charge is 0.348 e. The Morgan fingerprint density at radius 2 is 2.05 bits per heavy atom. The predicted molar refractivity (Wildman–Crippen MR) is 86.0 cm³/mol. The number of fused-ring (bicyclic) bond motifs is 1. The van der Waals surface area contributed by atoms with Crippen molar-refractivity contribution in [3.63, 3.8) is 0 Å². The molecule has 2 aromatic heterocycles. The lowest BCUT2D eigenvalue weighted by atomic mass is 10.2. The molecule has 5 nitrogen and oxygen atoms in total. The van der Waals surface area contributed by atoms with Crippen molar-refractivity contribution in [3.05, 3.63) is 59.9 Å². The number of aromatic nitrogens is 2. The first kappa shape index (κ1) is 14.5. The zero-order valence-electron chi connectivity index (χ0n) is 12.0. The fourth-order valence-electron chi connectivity index (χ4n) is 2.22. The number of hydrogen-bond donors (Lipinski definition) is 2. The molecule has 0 aliphatic rings. The summed E-state index contributed by atoms with van der Waals surface area (Å²) in [5.41, 5.74) is 2.23. The third-order valence-corrected chi connectivity index (χ3v) is 4.34. The standard InChI is InChI=1S/C16H15N3O2S/c1-22(21)12-6-4-11(5-7-12)9-19-16(20)14-10-18-15-13(14)3-2-8-17-15/h2-8,10H,9H2,1H3,(H,17,18)(H,19,20). The molecule has 1 unspecified atom stereocenters. The Morgan fingerprint density at radius 3 is 2.77 bits per heavy atom. The van der Waals surface area contributed by atoms with Gasteiger partial charge in [0.1, 0.15) is 5.65 Å². The van der Waals surface area contributed by atoms with Crippen LogP contribution in [0.15, 0.2) is 53.7 Å². The molecule has 0 saturated carbocycles. The van der Waals surface area contributed by atoms with Crippen molar-refractivity contribution in [1.29, 1.82) is 0 Å². The van der Waals surface area contributed by atoms with Gasteiger partial charge in [-0.15, -0.1) is 0 Å². The van der Waals surface area contributed by atoms with E-state index in [-0.39, 0.29) is 5.91 Å². The maximum atomic E-state index is 12.3. The molecule has 1 atom stereocenters. The van der Waals surface area contributed by atoms with Crippen LogP contribution in [0.3, 0.4) is 0 Å². The maximum absolute atomic E-state index is 12.3. The second kappa shape index (κ2) is 6.11. The van der Waals surface area contributed by atoms with Crippen molar-refractivity contribution in [2.75, 3.05) is 6.26 Å². The minimum Gasteiger partial charge on any atom is -0.348 e. The Morgan fingerprint density at radius 1 is 1.27 bits per heavy atom. The highest BCUT2D eigenvalue weighted by atomic mass is 32.2. The molecule has 22 heavy (non-hydrogen) atoms. The van der Waals surface area contributed by atoms with Crippen molar-refractivity contribution in [3.8, 4) is 0 Å². The van der Waals surface area contributed by atoms with E-state index in [2.05, 4.69) is 15.3 Å². The summed E-state index contributed by atoms with van der Waals surface area (Å²) in [5, 5.41) is 3.68. The molecule has 6 heteroatoms. The van der Waals surface area contributed by atoms with E-state index in [0.717, 1.165) is 15.8 Å². The Balaban J connectivity index is 1.71. The van der Waals surface area contributed by atoms with Gasteiger partial charge in [-0.2, -0.15) is 0 Å². The van der Waals surface area contributed by atoms with Gasteiger partial charge in [-0.3, -0.25) is 9.00 Å². The monoisotopic (exact) mass is 313 g/mol. The summed E-state index contributed by atoms with van der Waals surface area (Å²) in [6.45, 7) is 0.419. The van der Waals surface area contributed by atoms with Crippen LogP contribution in [0.2, 0.25) is 0 Å². The number of nitrogens with zero attached hydrogens (tertiary/aromatic N) is 1. The van der Waals surface area contributed by atoms with Crippen LogP contribution in [0.4, 0.5) is 0 Å². The first-order valence-corrected chi connectivity index (χ1v) is 8.33. The number of nitrogens with one attached hydrogen (secondary N) is 2. The minimum atomic E-state index is -0.988. The molecule has 0 radical (unpaired) electrons. The number of carbonyl (C=O) groups is 1. The lowest BCUT2D eigenvalue weighted by Crippen LogP contribution is -2.22. The molecule has 1 amide bonds. The molecule has 0 aliphatic carbocycles. The third-order valence-electron chi connectivity index (χ3n) is 3.40. The highest BCUT2D eigenvalue weighted by Gasteiger charge is 2.11. The van der Waals surface area contributed by atoms with Crippen LogP contribution in [0.25, 0.3) is 11.0 Å². The topological polar surface area (TPSA) is 74.8 Å². The van der Waals surface area contributed by atoms with Crippen LogP contribution >= 0.6 is 0 Å². The summed E-state index contributed by atoms with van der Waals surface area (Å²) in [4.78, 5) is 20.2. The number of benzene rings is 1. The van der Waals surface area contributed by atoms with Crippen molar-refractivity contribution < 1.29 is 9.00 Å². The van der Waals surface area contributed by atoms with E-state index in [0.29, 0.717) is 17.8 Å². The molecule has 0 spiro atoms. The molecule has 0 bridgehead atoms. The molecule has 2 N–H and O–H groups in total. The molecule has 112 valence electrons. The third kappa shape index (κ3) is 2.92. The van der Waals surface area contributed by atoms with Gasteiger partial charge in [0.25, 0.3) is 5.91 Å². The average Bonchev–Trinajstić information content (AvgIpc) is 2.97. The lowest BCUT2D eigenvalue weighted by Gasteiger charge is -2.05. The normalized spacial score (nSPS) is 12.2. The molecule has 0 fully saturated rings. The quantitative estimate of drug-likeness (QED) is 0.775. The Kier molecular flexibility index (Phi) is 4.02. The van der Waals surface area contributed by atoms with Crippen molar-refractivity contribution >= 4 is 27.7 Å². The summed E-state index contributed by atoms with van der Waals surface area (Å²) < 4.78 is 11.3. The van der Waals surface area contributed by atoms with Crippen molar-refractivity contribution in [1.82, 2.24) is 15.3 Å². The van der Waals surface area contributed by atoms with Crippen LogP contribution in [0.1, 0.15) is 15.9 Å². The molecule has 1 aromatic carbocycles. The number of carbonyl (C=O) groups excluding carboxylic acids is 1. The first-order valence-electron chi connectivity index (χ1n) is 6.78. The van der Waals surface area contributed by atoms with E-state index in [1.165, 1.54) is 0 Å². The van der Waals surface area contributed by atoms with Crippen LogP contribution in [0.5, 0.6) is 0 Å². The van der Waals surface area contributed by atoms with Gasteiger partial charge in [0.05, 0.1) is 5.56 Å². The number of rotatable bonds is 4. The molecule has 3 aromatic rings. The summed E-state index contributed by atoms with van der Waals surface area (Å²) in [6.07, 6.45) is 4.98. The van der Waals surface area contributed by atoms with Gasteiger partial charge in [0, 0.05) is 46.3 Å². The van der Waals surface area contributed by atoms with Gasteiger partial charge in [-0.25, -0.2) is 4.98 Å². The second-order valence-electron chi connectivity index (χ2n) is 4.88. The SMILES string of the molecule is CS(=O)c1ccc(CNC(=O)c2c[nH]c3ncccc23)cc1. The van der Waals surface area contributed by atoms with E-state index in [1.54, 1.807) is 24.7 Å². The fraction of sp³-hybridized carbons (Fsp3) is 0.125. The van der Waals surface area contributed by atoms with Crippen molar-refractivity contribution in [2.24, 2.45) is 0 Å². The summed E-state index contributed by atoms with van der Waals surface area (Å²) in [7, 11) is -0.988. The predicted octanol–water partition coefficient (Wildman–Crippen LogP) is 2.23. The summed E-state index contributed by atoms with van der Waals surface area (Å²) in [5.74, 6) is -0.151. The Bertz CT molecular complexity index is 840. The van der Waals surface area contributed by atoms with E-state index in [4.69, 9.17) is 0 Å². The summed E-state index contributed by atoms with van der Waals surface area (Å²) in [6, 6.07) is 11.0. The van der Waals surface area contributed by atoms with Crippen LogP contribution < -0.4 is 5.32 Å². The average molecular weight is 313 g/mol. The molecule has 2 heterocycles. The first-order chi connectivity index (χ1) is 10.6. The molecular formula is C16H15N3O2S. The molecule has 0 aliphatic heterocycles. The Labute approximate surface area is 130 Å². The van der Waals surface area contributed by atoms with Crippen LogP contribution in [-0.2, 0) is 17.3 Å². The smallest absolute Gasteiger partial charge is 0.253 e. The van der Waals surface area contributed by atoms with E-state index in [1.807, 2.05) is 30.3 Å². The highest BCUT2D eigenvalue weighted by molar-refractivity contribution is 7.84. The number of amides is 1. The summed E-state index contributed by atoms with van der Waals surface area (Å²) >= 11 is 0. The minimum absolute atomic E-state index is 0.151. The van der Waals surface area contributed by atoms with Crippen molar-refractivity contribution in [2.45, 2.75) is 11.4 Å². The van der Waals surface area contributed by atoms with Gasteiger partial charge >= 0.3 is 0 Å². The molecule has 0 saturated heterocycles. The lowest BCUT2D eigenvalue weighted by molar-refractivity contribution is 0.0952. The highest BCUT2D eigenvalue weighted by Crippen LogP contribution is 2.15. The number of aromatic amines is 1.